The topological polar surface area (TPSA) is 51.8 Å². The van der Waals surface area contributed by atoms with Crippen LogP contribution in [-0.4, -0.2) is 23.0 Å². The van der Waals surface area contributed by atoms with E-state index in [2.05, 4.69) is 66.6 Å². The fourth-order valence-electron chi connectivity index (χ4n) is 6.63. The van der Waals surface area contributed by atoms with Crippen LogP contribution in [0.3, 0.4) is 0 Å². The van der Waals surface area contributed by atoms with Crippen LogP contribution in [0.4, 0.5) is 0 Å². The first-order valence-corrected chi connectivity index (χ1v) is 21.3. The molecule has 1 radical (unpaired) electrons. The molecular formula is C48H51IrN3OSi-2. The molecule has 0 bridgehead atoms. The molecule has 279 valence electrons. The Morgan fingerprint density at radius 1 is 0.833 bits per heavy atom. The van der Waals surface area contributed by atoms with Gasteiger partial charge in [-0.1, -0.05) is 87.7 Å². The van der Waals surface area contributed by atoms with Crippen LogP contribution in [0.1, 0.15) is 92.6 Å². The van der Waals surface area contributed by atoms with Gasteiger partial charge in [0.1, 0.15) is 0 Å². The number of aromatic nitrogens is 3. The average Bonchev–Trinajstić information content (AvgIpc) is 3.61. The summed E-state index contributed by atoms with van der Waals surface area (Å²) in [5, 5.41) is 2.47. The molecule has 0 unspecified atom stereocenters. The Morgan fingerprint density at radius 3 is 2.33 bits per heavy atom. The minimum Gasteiger partial charge on any atom is -0.486 e. The molecule has 4 aromatic heterocycles. The first-order valence-electron chi connectivity index (χ1n) is 24.8. The Morgan fingerprint density at radius 2 is 1.65 bits per heavy atom. The van der Waals surface area contributed by atoms with E-state index in [0.717, 1.165) is 30.3 Å². The van der Waals surface area contributed by atoms with E-state index in [4.69, 9.17) is 22.2 Å². The third-order valence-electron chi connectivity index (χ3n) is 10.0. The van der Waals surface area contributed by atoms with Crippen molar-refractivity contribution in [3.05, 3.63) is 131 Å². The average molecular weight is 920 g/mol. The maximum absolute atomic E-state index is 9.25. The van der Waals surface area contributed by atoms with Gasteiger partial charge in [0.2, 0.25) is 5.71 Å². The predicted molar refractivity (Wildman–Crippen MR) is 224 cm³/mol. The van der Waals surface area contributed by atoms with Gasteiger partial charge in [-0.3, -0.25) is 0 Å². The molecule has 1 fully saturated rings. The predicted octanol–water partition coefficient (Wildman–Crippen LogP) is 12.5. The summed E-state index contributed by atoms with van der Waals surface area (Å²) in [6, 6.07) is 25.6. The molecule has 0 amide bonds. The van der Waals surface area contributed by atoms with Crippen molar-refractivity contribution < 1.29 is 43.7 Å². The van der Waals surface area contributed by atoms with Gasteiger partial charge in [-0.15, -0.1) is 53.6 Å². The summed E-state index contributed by atoms with van der Waals surface area (Å²) in [5.74, 6) is -1.07. The van der Waals surface area contributed by atoms with Gasteiger partial charge in [0.25, 0.3) is 0 Å². The van der Waals surface area contributed by atoms with E-state index in [1.165, 1.54) is 35.5 Å². The molecule has 1 aliphatic carbocycles. The number of pyridine rings is 3. The summed E-state index contributed by atoms with van der Waals surface area (Å²) in [6.45, 7) is 1.18. The van der Waals surface area contributed by atoms with Gasteiger partial charge in [0, 0.05) is 61.4 Å². The SMILES string of the molecule is [2H]C([2H])([2H])c1c[c-]c(-c2ccc([Si](C)(C)C)cn2)cc1.[2H]c1cc(C2([2H])CCC(C)(C)CC2)cc(C([2H])([2H])[2H])c1-c1cc(-c2[c-]ccc3c2oc2nc(C([2H])([2H])[2H])ccc23)ncc1C([2H])([2H])[2H].[Ir]. The number of furan rings is 1. The van der Waals surface area contributed by atoms with Gasteiger partial charge in [-0.25, -0.2) is 4.98 Å². The van der Waals surface area contributed by atoms with E-state index in [-0.39, 0.29) is 76.5 Å². The van der Waals surface area contributed by atoms with Crippen LogP contribution in [0.25, 0.3) is 55.7 Å². The quantitative estimate of drug-likeness (QED) is 0.127. The molecule has 0 spiro atoms. The van der Waals surface area contributed by atoms with E-state index in [1.54, 1.807) is 30.3 Å². The maximum Gasteiger partial charge on any atom is 0.216 e. The van der Waals surface area contributed by atoms with E-state index in [1.807, 2.05) is 12.3 Å². The number of hydrogen-bond acceptors (Lipinski definition) is 4. The van der Waals surface area contributed by atoms with E-state index in [0.29, 0.717) is 40.3 Å². The molecular weight excluding hydrogens is 855 g/mol. The van der Waals surface area contributed by atoms with Gasteiger partial charge in [0.05, 0.1) is 15.0 Å². The zero-order valence-corrected chi connectivity index (χ0v) is 34.4. The molecule has 4 nitrogen and oxygen atoms in total. The third-order valence-corrected chi connectivity index (χ3v) is 12.0. The summed E-state index contributed by atoms with van der Waals surface area (Å²) in [5.41, 5.74) is 2.73. The second-order valence-electron chi connectivity index (χ2n) is 15.5. The zero-order valence-electron chi connectivity index (χ0n) is 45.0. The van der Waals surface area contributed by atoms with Crippen molar-refractivity contribution >= 4 is 35.3 Å². The zero-order chi connectivity index (χ0) is 49.3. The van der Waals surface area contributed by atoms with Crippen molar-refractivity contribution in [3.63, 3.8) is 0 Å². The molecule has 0 aliphatic heterocycles. The number of aryl methyl sites for hydroxylation is 4. The second kappa shape index (κ2) is 15.9. The normalized spacial score (nSPS) is 19.7. The Bertz CT molecular complexity index is 2890. The maximum atomic E-state index is 9.25. The monoisotopic (exact) mass is 920 g/mol. The molecule has 3 aromatic carbocycles. The van der Waals surface area contributed by atoms with Crippen LogP contribution in [0, 0.1) is 45.0 Å². The third kappa shape index (κ3) is 8.52. The Balaban J connectivity index is 0.000000304. The van der Waals surface area contributed by atoms with Crippen molar-refractivity contribution in [2.45, 2.75) is 92.5 Å². The molecule has 0 atom stereocenters. The van der Waals surface area contributed by atoms with Crippen LogP contribution < -0.4 is 5.19 Å². The van der Waals surface area contributed by atoms with Crippen LogP contribution in [0.5, 0.6) is 0 Å². The van der Waals surface area contributed by atoms with Crippen LogP contribution in [-0.2, 0) is 20.1 Å². The number of rotatable bonds is 5. The molecule has 8 rings (SSSR count). The fourth-order valence-corrected chi connectivity index (χ4v) is 7.67. The Labute approximate surface area is 355 Å². The van der Waals surface area contributed by atoms with Crippen molar-refractivity contribution in [1.82, 2.24) is 15.0 Å². The van der Waals surface area contributed by atoms with Crippen molar-refractivity contribution in [2.24, 2.45) is 5.41 Å². The molecule has 1 aliphatic rings. The molecule has 0 N–H and O–H groups in total. The molecule has 1 saturated carbocycles. The number of fused-ring (bicyclic) bond motifs is 3. The minimum atomic E-state index is -2.72. The molecule has 4 heterocycles. The Kier molecular flexibility index (Phi) is 7.35. The van der Waals surface area contributed by atoms with Crippen molar-refractivity contribution in [2.75, 3.05) is 0 Å². The van der Waals surface area contributed by atoms with E-state index < -0.39 is 41.4 Å². The van der Waals surface area contributed by atoms with Gasteiger partial charge in [-0.2, -0.15) is 0 Å². The molecule has 7 aromatic rings. The smallest absolute Gasteiger partial charge is 0.216 e. The van der Waals surface area contributed by atoms with E-state index >= 15 is 0 Å². The van der Waals surface area contributed by atoms with Crippen LogP contribution >= 0.6 is 0 Å². The second-order valence-corrected chi connectivity index (χ2v) is 20.6. The first-order chi connectivity index (χ1) is 30.9. The summed E-state index contributed by atoms with van der Waals surface area (Å²) in [4.78, 5) is 13.1. The summed E-state index contributed by atoms with van der Waals surface area (Å²) in [7, 11) is -1.34. The molecule has 54 heavy (non-hydrogen) atoms. The van der Waals surface area contributed by atoms with Crippen LogP contribution in [0.2, 0.25) is 19.6 Å². The standard InChI is InChI=1S/C33H33N2O.C15H18NSi.Ir/c1-20-17-24(23-13-15-33(4,5)16-14-23)10-12-25(20)29-18-30(34-19-21(29)2)28-8-6-7-26-27-11-9-22(3)35-32(27)36-31(26)28;1-12-5-7-13(8-6-12)15-10-9-14(11-16-15)17(2,3)4;/h6-7,9-12,17-19,23H,13-16H2,1-5H3;5-7,9-11H,1-4H3;/q2*-1;/i1D3,2D3,3D3,12D,23D;1D3;. The summed E-state index contributed by atoms with van der Waals surface area (Å²) >= 11 is 0. The fraction of sp³-hybridized carbons (Fsp3) is 0.312. The van der Waals surface area contributed by atoms with Gasteiger partial charge >= 0.3 is 0 Å². The molecule has 0 saturated heterocycles. The first kappa shape index (κ1) is 25.0. The number of hydrogen-bond donors (Lipinski definition) is 0. The van der Waals surface area contributed by atoms with Gasteiger partial charge in [-0.05, 0) is 114 Å². The Hall–Kier alpha value is -4.22. The summed E-state index contributed by atoms with van der Waals surface area (Å²) in [6.07, 6.45) is 5.67. The minimum absolute atomic E-state index is 0. The van der Waals surface area contributed by atoms with Crippen LogP contribution in [0.15, 0.2) is 95.6 Å². The number of benzene rings is 3. The largest absolute Gasteiger partial charge is 0.486 e. The van der Waals surface area contributed by atoms with Gasteiger partial charge < -0.3 is 14.4 Å². The van der Waals surface area contributed by atoms with E-state index in [9.17, 15) is 1.37 Å². The van der Waals surface area contributed by atoms with Crippen molar-refractivity contribution in [1.29, 1.82) is 0 Å². The molecule has 6 heteroatoms. The number of nitrogens with zero attached hydrogens (tertiary/aromatic N) is 3. The summed E-state index contributed by atoms with van der Waals surface area (Å²) < 4.78 is 120. The van der Waals surface area contributed by atoms with Crippen molar-refractivity contribution in [3.8, 4) is 33.6 Å². The van der Waals surface area contributed by atoms with Gasteiger partial charge in [0.15, 0.2) is 0 Å².